The van der Waals surface area contributed by atoms with Gasteiger partial charge in [-0.15, -0.1) is 0 Å². The van der Waals surface area contributed by atoms with Crippen LogP contribution < -0.4 is 14.8 Å². The molecule has 0 spiro atoms. The topological polar surface area (TPSA) is 42.8 Å². The van der Waals surface area contributed by atoms with E-state index in [-0.39, 0.29) is 6.04 Å². The quantitative estimate of drug-likeness (QED) is 0.118. The van der Waals surface area contributed by atoms with E-state index in [9.17, 15) is 0 Å². The number of nitrogens with zero attached hydrogens (tertiary/aromatic N) is 1. The van der Waals surface area contributed by atoms with Crippen LogP contribution in [0.15, 0.2) is 100 Å². The Labute approximate surface area is 257 Å². The fraction of sp³-hybridized carbons (Fsp3) is 0.206. The zero-order valence-corrected chi connectivity index (χ0v) is 26.1. The monoisotopic (exact) mass is 704 g/mol. The number of ether oxygens (including phenoxy) is 2. The van der Waals surface area contributed by atoms with Crippen LogP contribution in [0.5, 0.6) is 11.5 Å². The van der Waals surface area contributed by atoms with Gasteiger partial charge in [-0.25, -0.2) is 0 Å². The van der Waals surface area contributed by atoms with Gasteiger partial charge in [0.1, 0.15) is 6.61 Å². The van der Waals surface area contributed by atoms with Crippen LogP contribution in [0.1, 0.15) is 46.2 Å². The predicted molar refractivity (Wildman–Crippen MR) is 175 cm³/mol. The summed E-state index contributed by atoms with van der Waals surface area (Å²) in [5.74, 6) is 2.43. The predicted octanol–water partition coefficient (Wildman–Crippen LogP) is 9.53. The van der Waals surface area contributed by atoms with Gasteiger partial charge >= 0.3 is 0 Å². The lowest BCUT2D eigenvalue weighted by Crippen LogP contribution is -2.29. The number of allylic oxidation sites excluding steroid dienone is 2. The van der Waals surface area contributed by atoms with Crippen molar-refractivity contribution < 1.29 is 9.47 Å². The summed E-state index contributed by atoms with van der Waals surface area (Å²) >= 11 is 5.77. The van der Waals surface area contributed by atoms with Crippen molar-refractivity contribution in [1.29, 1.82) is 0 Å². The van der Waals surface area contributed by atoms with Crippen LogP contribution in [0, 0.1) is 16.4 Å². The molecule has 4 aromatic carbocycles. The first kappa shape index (κ1) is 27.1. The van der Waals surface area contributed by atoms with Gasteiger partial charge in [-0.2, -0.15) is 0 Å². The molecule has 40 heavy (non-hydrogen) atoms. The number of hydrogen-bond donors (Lipinski definition) is 1. The van der Waals surface area contributed by atoms with Crippen LogP contribution in [0.25, 0.3) is 0 Å². The Morgan fingerprint density at radius 3 is 2.60 bits per heavy atom. The lowest BCUT2D eigenvalue weighted by atomic mass is 9.76. The van der Waals surface area contributed by atoms with Crippen molar-refractivity contribution in [3.8, 4) is 11.5 Å². The van der Waals surface area contributed by atoms with E-state index in [1.54, 1.807) is 7.11 Å². The number of aliphatic imine (C=N–C) groups is 1. The van der Waals surface area contributed by atoms with E-state index < -0.39 is 0 Å². The van der Waals surface area contributed by atoms with Crippen LogP contribution in [-0.2, 0) is 6.61 Å². The summed E-state index contributed by atoms with van der Waals surface area (Å²) in [6.07, 6.45) is 7.71. The fourth-order valence-electron chi connectivity index (χ4n) is 5.65. The maximum Gasteiger partial charge on any atom is 0.174 e. The summed E-state index contributed by atoms with van der Waals surface area (Å²) in [5.41, 5.74) is 8.26. The highest BCUT2D eigenvalue weighted by atomic mass is 127. The molecule has 1 heterocycles. The average molecular weight is 705 g/mol. The largest absolute Gasteiger partial charge is 0.493 e. The molecule has 0 saturated carbocycles. The van der Waals surface area contributed by atoms with Crippen molar-refractivity contribution in [3.63, 3.8) is 0 Å². The number of benzene rings is 4. The second-order valence-electron chi connectivity index (χ2n) is 10.4. The third-order valence-corrected chi connectivity index (χ3v) is 9.01. The molecule has 0 fully saturated rings. The number of methoxy groups -OCH3 is 1. The van der Waals surface area contributed by atoms with Crippen LogP contribution in [0.4, 0.5) is 11.4 Å². The second kappa shape index (κ2) is 11.8. The van der Waals surface area contributed by atoms with Crippen LogP contribution in [0.2, 0.25) is 0 Å². The number of fused-ring (bicyclic) bond motifs is 3. The Bertz CT molecular complexity index is 1580. The first-order valence-corrected chi connectivity index (χ1v) is 15.3. The first-order chi connectivity index (χ1) is 19.5. The Hall–Kier alpha value is -3.10. The fourth-order valence-corrected chi connectivity index (χ4v) is 6.70. The maximum atomic E-state index is 6.13. The highest BCUT2D eigenvalue weighted by Gasteiger charge is 2.37. The van der Waals surface area contributed by atoms with E-state index in [1.807, 2.05) is 36.5 Å². The Balaban J connectivity index is 1.16. The molecule has 0 radical (unpaired) electrons. The molecule has 6 heteroatoms. The molecule has 0 amide bonds. The smallest absolute Gasteiger partial charge is 0.174 e. The van der Waals surface area contributed by atoms with E-state index in [0.29, 0.717) is 24.2 Å². The van der Waals surface area contributed by atoms with Gasteiger partial charge in [-0.05, 0) is 107 Å². The third-order valence-electron chi connectivity index (χ3n) is 7.68. The van der Waals surface area contributed by atoms with Gasteiger partial charge in [0.2, 0.25) is 0 Å². The molecule has 1 N–H and O–H groups in total. The van der Waals surface area contributed by atoms with Crippen molar-refractivity contribution >= 4 is 56.1 Å². The molecule has 4 aromatic rings. The van der Waals surface area contributed by atoms with Gasteiger partial charge in [0, 0.05) is 22.3 Å². The van der Waals surface area contributed by atoms with Crippen molar-refractivity contribution in [3.05, 3.63) is 127 Å². The number of rotatable bonds is 7. The minimum absolute atomic E-state index is 0.282. The molecular formula is C34H30BrIN2O2. The van der Waals surface area contributed by atoms with Crippen LogP contribution >= 0.6 is 38.5 Å². The lowest BCUT2D eigenvalue weighted by molar-refractivity contribution is 0.282. The van der Waals surface area contributed by atoms with Crippen molar-refractivity contribution in [2.24, 2.45) is 10.9 Å². The number of nitrogens with one attached hydrogen (secondary N) is 1. The van der Waals surface area contributed by atoms with Crippen molar-refractivity contribution in [1.82, 2.24) is 0 Å². The normalized spacial score (nSPS) is 19.2. The van der Waals surface area contributed by atoms with E-state index in [1.165, 1.54) is 22.4 Å². The molecule has 4 nitrogen and oxygen atoms in total. The standard InChI is InChI=1S/C34H30BrIN2O2/c1-21-6-15-31-29(16-21)27-4-3-5-28(27)33(38-31)24-9-13-26(14-10-24)37-19-23-17-30(36)34(32(18-23)39-2)40-20-22-7-11-25(35)12-8-22/h3-4,6-19,27-28,33,38H,5,20H2,1-2H3/t27-,28+,33+/m1/s1. The van der Waals surface area contributed by atoms with Gasteiger partial charge in [0.05, 0.1) is 22.4 Å². The average Bonchev–Trinajstić information content (AvgIpc) is 3.47. The molecule has 2 aliphatic rings. The summed E-state index contributed by atoms with van der Waals surface area (Å²) < 4.78 is 13.8. The van der Waals surface area contributed by atoms with Crippen molar-refractivity contribution in [2.45, 2.75) is 31.9 Å². The molecule has 202 valence electrons. The molecule has 0 bridgehead atoms. The van der Waals surface area contributed by atoms with E-state index in [0.717, 1.165) is 37.0 Å². The highest BCUT2D eigenvalue weighted by Crippen LogP contribution is 2.50. The molecule has 3 atom stereocenters. The summed E-state index contributed by atoms with van der Waals surface area (Å²) in [4.78, 5) is 4.76. The number of anilines is 1. The third kappa shape index (κ3) is 5.70. The van der Waals surface area contributed by atoms with Gasteiger partial charge in [-0.3, -0.25) is 4.99 Å². The second-order valence-corrected chi connectivity index (χ2v) is 12.4. The molecule has 1 aliphatic carbocycles. The molecular weight excluding hydrogens is 675 g/mol. The number of aryl methyl sites for hydroxylation is 1. The van der Waals surface area contributed by atoms with Crippen LogP contribution in [0.3, 0.4) is 0 Å². The summed E-state index contributed by atoms with van der Waals surface area (Å²) in [6.45, 7) is 2.64. The Kier molecular flexibility index (Phi) is 7.98. The van der Waals surface area contributed by atoms with Gasteiger partial charge in [0.25, 0.3) is 0 Å². The van der Waals surface area contributed by atoms with E-state index >= 15 is 0 Å². The van der Waals surface area contributed by atoms with E-state index in [4.69, 9.17) is 14.5 Å². The summed E-state index contributed by atoms with van der Waals surface area (Å²) in [5, 5.41) is 3.83. The van der Waals surface area contributed by atoms with Gasteiger partial charge < -0.3 is 14.8 Å². The van der Waals surface area contributed by atoms with Gasteiger partial charge in [0.15, 0.2) is 11.5 Å². The zero-order chi connectivity index (χ0) is 27.6. The minimum atomic E-state index is 0.282. The Morgan fingerprint density at radius 2 is 1.82 bits per heavy atom. The van der Waals surface area contributed by atoms with Crippen LogP contribution in [-0.4, -0.2) is 13.3 Å². The number of hydrogen-bond acceptors (Lipinski definition) is 4. The molecule has 0 saturated heterocycles. The number of halogens is 2. The SMILES string of the molecule is COc1cc(C=Nc2ccc([C@@H]3Nc4ccc(C)cc4[C@@H]4C=CC[C@@H]43)cc2)cc(I)c1OCc1ccc(Br)cc1. The van der Waals surface area contributed by atoms with Gasteiger partial charge in [-0.1, -0.05) is 70.0 Å². The molecule has 1 aliphatic heterocycles. The first-order valence-electron chi connectivity index (χ1n) is 13.4. The minimum Gasteiger partial charge on any atom is -0.493 e. The lowest BCUT2D eigenvalue weighted by Gasteiger charge is -2.37. The molecule has 0 unspecified atom stereocenters. The Morgan fingerprint density at radius 1 is 1.02 bits per heavy atom. The summed E-state index contributed by atoms with van der Waals surface area (Å²) in [6, 6.07) is 27.8. The molecule has 6 rings (SSSR count). The highest BCUT2D eigenvalue weighted by molar-refractivity contribution is 14.1. The van der Waals surface area contributed by atoms with Crippen molar-refractivity contribution in [2.75, 3.05) is 12.4 Å². The maximum absolute atomic E-state index is 6.13. The zero-order valence-electron chi connectivity index (χ0n) is 22.4. The summed E-state index contributed by atoms with van der Waals surface area (Å²) in [7, 11) is 1.67. The molecule has 0 aromatic heterocycles. The van der Waals surface area contributed by atoms with E-state index in [2.05, 4.69) is 111 Å².